The molecule has 5 heteroatoms. The third kappa shape index (κ3) is 3.71. The summed E-state index contributed by atoms with van der Waals surface area (Å²) in [4.78, 5) is 17.2. The summed E-state index contributed by atoms with van der Waals surface area (Å²) in [6.07, 6.45) is 2.80. The number of carbonyl (C=O) groups excluding carboxylic acids is 1. The molecule has 1 saturated heterocycles. The molecule has 0 radical (unpaired) electrons. The fourth-order valence-corrected chi connectivity index (χ4v) is 2.07. The van der Waals surface area contributed by atoms with Gasteiger partial charge in [0, 0.05) is 25.8 Å². The SMILES string of the molecule is NC(=O)OC1CCN(Cc2ccccn2)CC1. The lowest BCUT2D eigenvalue weighted by Gasteiger charge is -2.30. The normalized spacial score (nSPS) is 17.9. The van der Waals surface area contributed by atoms with Crippen molar-refractivity contribution in [3.05, 3.63) is 30.1 Å². The molecule has 0 bridgehead atoms. The Morgan fingerprint density at radius 1 is 1.47 bits per heavy atom. The minimum atomic E-state index is -0.673. The molecule has 0 spiro atoms. The number of piperidine rings is 1. The van der Waals surface area contributed by atoms with Crippen LogP contribution < -0.4 is 5.73 Å². The maximum absolute atomic E-state index is 10.6. The molecule has 2 heterocycles. The maximum Gasteiger partial charge on any atom is 0.404 e. The third-order valence-corrected chi connectivity index (χ3v) is 2.93. The lowest BCUT2D eigenvalue weighted by atomic mass is 10.1. The Kier molecular flexibility index (Phi) is 3.93. The van der Waals surface area contributed by atoms with Gasteiger partial charge in [-0.1, -0.05) is 6.07 Å². The van der Waals surface area contributed by atoms with E-state index in [1.807, 2.05) is 18.2 Å². The molecule has 1 aliphatic heterocycles. The zero-order chi connectivity index (χ0) is 12.1. The van der Waals surface area contributed by atoms with E-state index < -0.39 is 6.09 Å². The first-order valence-electron chi connectivity index (χ1n) is 5.82. The highest BCUT2D eigenvalue weighted by Gasteiger charge is 2.21. The average molecular weight is 235 g/mol. The van der Waals surface area contributed by atoms with Crippen LogP contribution in [0.3, 0.4) is 0 Å². The molecular formula is C12H17N3O2. The number of hydrogen-bond donors (Lipinski definition) is 1. The van der Waals surface area contributed by atoms with Crippen LogP contribution in [0, 0.1) is 0 Å². The number of nitrogens with two attached hydrogens (primary N) is 1. The number of ether oxygens (including phenoxy) is 1. The quantitative estimate of drug-likeness (QED) is 0.853. The van der Waals surface area contributed by atoms with E-state index in [9.17, 15) is 4.79 Å². The van der Waals surface area contributed by atoms with Gasteiger partial charge in [-0.3, -0.25) is 9.88 Å². The highest BCUT2D eigenvalue weighted by Crippen LogP contribution is 2.15. The molecule has 17 heavy (non-hydrogen) atoms. The van der Waals surface area contributed by atoms with E-state index in [4.69, 9.17) is 10.5 Å². The van der Waals surface area contributed by atoms with Crippen LogP contribution >= 0.6 is 0 Å². The molecule has 0 saturated carbocycles. The average Bonchev–Trinajstić information content (AvgIpc) is 2.32. The Morgan fingerprint density at radius 2 is 2.24 bits per heavy atom. The minimum Gasteiger partial charge on any atom is -0.446 e. The van der Waals surface area contributed by atoms with E-state index in [1.54, 1.807) is 6.20 Å². The Balaban J connectivity index is 1.78. The first-order chi connectivity index (χ1) is 8.24. The molecule has 5 nitrogen and oxygen atoms in total. The molecule has 1 aromatic heterocycles. The molecule has 2 N–H and O–H groups in total. The summed E-state index contributed by atoms with van der Waals surface area (Å²) in [5.41, 5.74) is 6.07. The standard InChI is InChI=1S/C12H17N3O2/c13-12(16)17-11-4-7-15(8-5-11)9-10-3-1-2-6-14-10/h1-3,6,11H,4-5,7-9H2,(H2,13,16). The van der Waals surface area contributed by atoms with Crippen molar-refractivity contribution >= 4 is 6.09 Å². The van der Waals surface area contributed by atoms with Crippen molar-refractivity contribution in [1.29, 1.82) is 0 Å². The molecule has 0 aromatic carbocycles. The van der Waals surface area contributed by atoms with Crippen LogP contribution in [0.2, 0.25) is 0 Å². The van der Waals surface area contributed by atoms with Gasteiger partial charge in [-0.25, -0.2) is 4.79 Å². The predicted octanol–water partition coefficient (Wildman–Crippen LogP) is 1.14. The second kappa shape index (κ2) is 5.63. The third-order valence-electron chi connectivity index (χ3n) is 2.93. The van der Waals surface area contributed by atoms with Crippen LogP contribution in [-0.2, 0) is 11.3 Å². The van der Waals surface area contributed by atoms with Gasteiger partial charge in [0.1, 0.15) is 6.10 Å². The molecule has 1 aromatic rings. The number of pyridine rings is 1. The van der Waals surface area contributed by atoms with E-state index in [0.717, 1.165) is 38.2 Å². The lowest BCUT2D eigenvalue weighted by Crippen LogP contribution is -2.38. The van der Waals surface area contributed by atoms with Crippen LogP contribution in [0.25, 0.3) is 0 Å². The summed E-state index contributed by atoms with van der Waals surface area (Å²) in [5, 5.41) is 0. The molecule has 1 aliphatic rings. The minimum absolute atomic E-state index is 0.0208. The Morgan fingerprint density at radius 3 is 2.82 bits per heavy atom. The van der Waals surface area contributed by atoms with Gasteiger partial charge in [-0.05, 0) is 25.0 Å². The first kappa shape index (κ1) is 11.9. The predicted molar refractivity (Wildman–Crippen MR) is 63.2 cm³/mol. The molecule has 92 valence electrons. The van der Waals surface area contributed by atoms with E-state index in [2.05, 4.69) is 9.88 Å². The van der Waals surface area contributed by atoms with Crippen molar-refractivity contribution in [3.8, 4) is 0 Å². The number of likely N-dealkylation sites (tertiary alicyclic amines) is 1. The zero-order valence-corrected chi connectivity index (χ0v) is 9.71. The topological polar surface area (TPSA) is 68.5 Å². The van der Waals surface area contributed by atoms with E-state index in [1.165, 1.54) is 0 Å². The number of nitrogens with zero attached hydrogens (tertiary/aromatic N) is 2. The number of amides is 1. The smallest absolute Gasteiger partial charge is 0.404 e. The van der Waals surface area contributed by atoms with Crippen LogP contribution in [0.1, 0.15) is 18.5 Å². The van der Waals surface area contributed by atoms with Crippen LogP contribution in [0.4, 0.5) is 4.79 Å². The first-order valence-corrected chi connectivity index (χ1v) is 5.82. The Labute approximate surface area is 101 Å². The van der Waals surface area contributed by atoms with Crippen molar-refractivity contribution in [1.82, 2.24) is 9.88 Å². The van der Waals surface area contributed by atoms with Gasteiger partial charge in [-0.2, -0.15) is 0 Å². The second-order valence-corrected chi connectivity index (χ2v) is 4.23. The zero-order valence-electron chi connectivity index (χ0n) is 9.71. The van der Waals surface area contributed by atoms with Crippen molar-refractivity contribution in [3.63, 3.8) is 0 Å². The number of aromatic nitrogens is 1. The molecule has 0 unspecified atom stereocenters. The van der Waals surface area contributed by atoms with E-state index >= 15 is 0 Å². The molecule has 0 aliphatic carbocycles. The van der Waals surface area contributed by atoms with Gasteiger partial charge < -0.3 is 10.5 Å². The lowest BCUT2D eigenvalue weighted by molar-refractivity contribution is 0.0537. The number of rotatable bonds is 3. The van der Waals surface area contributed by atoms with Crippen LogP contribution in [0.5, 0.6) is 0 Å². The van der Waals surface area contributed by atoms with Crippen molar-refractivity contribution < 1.29 is 9.53 Å². The fourth-order valence-electron chi connectivity index (χ4n) is 2.07. The monoisotopic (exact) mass is 235 g/mol. The number of carbonyl (C=O) groups is 1. The molecule has 1 amide bonds. The summed E-state index contributed by atoms with van der Waals surface area (Å²) < 4.78 is 4.99. The van der Waals surface area contributed by atoms with Gasteiger partial charge in [0.05, 0.1) is 5.69 Å². The van der Waals surface area contributed by atoms with Crippen LogP contribution in [-0.4, -0.2) is 35.2 Å². The van der Waals surface area contributed by atoms with Gasteiger partial charge in [0.25, 0.3) is 0 Å². The van der Waals surface area contributed by atoms with E-state index in [-0.39, 0.29) is 6.10 Å². The highest BCUT2D eigenvalue weighted by molar-refractivity contribution is 5.64. The summed E-state index contributed by atoms with van der Waals surface area (Å²) in [6, 6.07) is 5.92. The highest BCUT2D eigenvalue weighted by atomic mass is 16.6. The molecule has 0 atom stereocenters. The van der Waals surface area contributed by atoms with Crippen molar-refractivity contribution in [2.45, 2.75) is 25.5 Å². The summed E-state index contributed by atoms with van der Waals surface area (Å²) in [7, 11) is 0. The van der Waals surface area contributed by atoms with Gasteiger partial charge in [-0.15, -0.1) is 0 Å². The molecular weight excluding hydrogens is 218 g/mol. The summed E-state index contributed by atoms with van der Waals surface area (Å²) in [6.45, 7) is 2.67. The summed E-state index contributed by atoms with van der Waals surface area (Å²) >= 11 is 0. The largest absolute Gasteiger partial charge is 0.446 e. The summed E-state index contributed by atoms with van der Waals surface area (Å²) in [5.74, 6) is 0. The van der Waals surface area contributed by atoms with Crippen molar-refractivity contribution in [2.75, 3.05) is 13.1 Å². The van der Waals surface area contributed by atoms with Gasteiger partial charge >= 0.3 is 6.09 Å². The Hall–Kier alpha value is -1.62. The maximum atomic E-state index is 10.6. The number of hydrogen-bond acceptors (Lipinski definition) is 4. The van der Waals surface area contributed by atoms with E-state index in [0.29, 0.717) is 0 Å². The second-order valence-electron chi connectivity index (χ2n) is 4.23. The fraction of sp³-hybridized carbons (Fsp3) is 0.500. The van der Waals surface area contributed by atoms with Crippen molar-refractivity contribution in [2.24, 2.45) is 5.73 Å². The number of primary amides is 1. The molecule has 1 fully saturated rings. The van der Waals surface area contributed by atoms with Gasteiger partial charge in [0.15, 0.2) is 0 Å². The van der Waals surface area contributed by atoms with Crippen LogP contribution in [0.15, 0.2) is 24.4 Å². The van der Waals surface area contributed by atoms with Gasteiger partial charge in [0.2, 0.25) is 0 Å². The molecule has 2 rings (SSSR count). The Bertz CT molecular complexity index is 361.